The average molecular weight is 185 g/mol. The molecule has 0 saturated carbocycles. The topological polar surface area (TPSA) is 49.8 Å². The van der Waals surface area contributed by atoms with Crippen LogP contribution in [-0.4, -0.2) is 41.8 Å². The Labute approximate surface area is 77.8 Å². The van der Waals surface area contributed by atoms with E-state index in [2.05, 4.69) is 6.92 Å². The van der Waals surface area contributed by atoms with Crippen LogP contribution in [0.3, 0.4) is 0 Å². The third kappa shape index (κ3) is 3.06. The molecule has 13 heavy (non-hydrogen) atoms. The summed E-state index contributed by atoms with van der Waals surface area (Å²) in [6.07, 6.45) is 3.79. The number of aliphatic carboxylic acids is 1. The first-order valence-electron chi connectivity index (χ1n) is 4.48. The summed E-state index contributed by atoms with van der Waals surface area (Å²) in [6.45, 7) is 4.23. The van der Waals surface area contributed by atoms with E-state index in [4.69, 9.17) is 9.84 Å². The van der Waals surface area contributed by atoms with E-state index in [1.54, 1.807) is 6.20 Å². The lowest BCUT2D eigenvalue weighted by atomic mass is 10.2. The van der Waals surface area contributed by atoms with Crippen LogP contribution in [0.1, 0.15) is 13.3 Å². The third-order valence-electron chi connectivity index (χ3n) is 2.15. The highest BCUT2D eigenvalue weighted by atomic mass is 16.5. The number of carbonyl (C=O) groups is 1. The minimum Gasteiger partial charge on any atom is -0.478 e. The molecule has 1 rings (SSSR count). The lowest BCUT2D eigenvalue weighted by molar-refractivity contribution is -0.131. The molecule has 0 aromatic carbocycles. The third-order valence-corrected chi connectivity index (χ3v) is 2.15. The summed E-state index contributed by atoms with van der Waals surface area (Å²) in [5.74, 6) is -0.902. The number of ether oxygens (including phenoxy) is 1. The number of carboxylic acids is 1. The van der Waals surface area contributed by atoms with E-state index in [1.807, 2.05) is 4.90 Å². The van der Waals surface area contributed by atoms with Crippen molar-refractivity contribution in [3.05, 3.63) is 12.3 Å². The second kappa shape index (κ2) is 4.87. The van der Waals surface area contributed by atoms with Crippen LogP contribution in [0.4, 0.5) is 0 Å². The fraction of sp³-hybridized carbons (Fsp3) is 0.667. The van der Waals surface area contributed by atoms with Crippen LogP contribution in [0.2, 0.25) is 0 Å². The van der Waals surface area contributed by atoms with Gasteiger partial charge in [-0.15, -0.1) is 0 Å². The molecule has 1 atom stereocenters. The van der Waals surface area contributed by atoms with Crippen molar-refractivity contribution in [1.29, 1.82) is 0 Å². The predicted molar refractivity (Wildman–Crippen MR) is 48.4 cm³/mol. The van der Waals surface area contributed by atoms with Crippen LogP contribution in [0.15, 0.2) is 12.3 Å². The summed E-state index contributed by atoms with van der Waals surface area (Å²) in [6, 6.07) is 0.323. The van der Waals surface area contributed by atoms with Gasteiger partial charge in [0.15, 0.2) is 0 Å². The van der Waals surface area contributed by atoms with Gasteiger partial charge >= 0.3 is 5.97 Å². The fourth-order valence-electron chi connectivity index (χ4n) is 1.38. The highest BCUT2D eigenvalue weighted by molar-refractivity contribution is 5.79. The van der Waals surface area contributed by atoms with Crippen molar-refractivity contribution in [3.8, 4) is 0 Å². The van der Waals surface area contributed by atoms with Gasteiger partial charge < -0.3 is 14.7 Å². The number of hydrogen-bond acceptors (Lipinski definition) is 3. The van der Waals surface area contributed by atoms with Crippen molar-refractivity contribution in [2.24, 2.45) is 0 Å². The molecule has 0 aromatic heterocycles. The Balaban J connectivity index is 2.49. The van der Waals surface area contributed by atoms with Gasteiger partial charge in [-0.3, -0.25) is 0 Å². The van der Waals surface area contributed by atoms with Crippen LogP contribution in [0, 0.1) is 0 Å². The largest absolute Gasteiger partial charge is 0.478 e. The van der Waals surface area contributed by atoms with Crippen molar-refractivity contribution >= 4 is 5.97 Å². The predicted octanol–water partition coefficient (Wildman–Crippen LogP) is 0.696. The molecule has 1 heterocycles. The molecule has 4 nitrogen and oxygen atoms in total. The molecule has 0 amide bonds. The van der Waals surface area contributed by atoms with Gasteiger partial charge in [0.1, 0.15) is 0 Å². The van der Waals surface area contributed by atoms with E-state index in [0.29, 0.717) is 19.3 Å². The molecule has 1 fully saturated rings. The van der Waals surface area contributed by atoms with Gasteiger partial charge in [-0.25, -0.2) is 4.79 Å². The second-order valence-electron chi connectivity index (χ2n) is 3.03. The molecule has 0 bridgehead atoms. The molecule has 1 saturated heterocycles. The zero-order valence-electron chi connectivity index (χ0n) is 7.77. The summed E-state index contributed by atoms with van der Waals surface area (Å²) in [7, 11) is 0. The summed E-state index contributed by atoms with van der Waals surface area (Å²) < 4.78 is 5.29. The Morgan fingerprint density at radius 1 is 1.77 bits per heavy atom. The first-order valence-corrected chi connectivity index (χ1v) is 4.48. The zero-order valence-corrected chi connectivity index (χ0v) is 7.77. The fourth-order valence-corrected chi connectivity index (χ4v) is 1.38. The minimum absolute atomic E-state index is 0.323. The molecule has 0 spiro atoms. The number of hydrogen-bond donors (Lipinski definition) is 1. The maximum Gasteiger partial charge on any atom is 0.329 e. The number of rotatable bonds is 3. The highest BCUT2D eigenvalue weighted by Crippen LogP contribution is 2.10. The molecule has 0 radical (unpaired) electrons. The van der Waals surface area contributed by atoms with Crippen molar-refractivity contribution in [1.82, 2.24) is 4.90 Å². The minimum atomic E-state index is -0.902. The molecule has 0 aliphatic carbocycles. The second-order valence-corrected chi connectivity index (χ2v) is 3.03. The highest BCUT2D eigenvalue weighted by Gasteiger charge is 2.17. The number of nitrogens with zero attached hydrogens (tertiary/aromatic N) is 1. The Morgan fingerprint density at radius 2 is 2.54 bits per heavy atom. The maximum atomic E-state index is 10.3. The number of morpholine rings is 1. The quantitative estimate of drug-likeness (QED) is 0.657. The van der Waals surface area contributed by atoms with E-state index in [0.717, 1.165) is 13.0 Å². The first-order chi connectivity index (χ1) is 6.24. The zero-order chi connectivity index (χ0) is 9.68. The molecule has 1 N–H and O–H groups in total. The molecule has 1 unspecified atom stereocenters. The monoisotopic (exact) mass is 185 g/mol. The Hall–Kier alpha value is -1.03. The van der Waals surface area contributed by atoms with Crippen LogP contribution < -0.4 is 0 Å². The van der Waals surface area contributed by atoms with Crippen molar-refractivity contribution in [2.75, 3.05) is 19.8 Å². The van der Waals surface area contributed by atoms with Crippen molar-refractivity contribution in [3.63, 3.8) is 0 Å². The van der Waals surface area contributed by atoms with Crippen LogP contribution >= 0.6 is 0 Å². The Bertz CT molecular complexity index is 203. The molecule has 1 aliphatic rings. The van der Waals surface area contributed by atoms with Crippen LogP contribution in [-0.2, 0) is 9.53 Å². The molecule has 0 aromatic rings. The smallest absolute Gasteiger partial charge is 0.329 e. The molecular formula is C9H15NO3. The van der Waals surface area contributed by atoms with Gasteiger partial charge in [0.05, 0.1) is 19.3 Å². The SMILES string of the molecule is CCC1COCCN1C=CC(=O)O. The summed E-state index contributed by atoms with van der Waals surface area (Å²) in [5.41, 5.74) is 0. The lowest BCUT2D eigenvalue weighted by Crippen LogP contribution is -2.41. The van der Waals surface area contributed by atoms with E-state index in [-0.39, 0.29) is 0 Å². The summed E-state index contributed by atoms with van der Waals surface area (Å²) in [5, 5.41) is 8.46. The lowest BCUT2D eigenvalue weighted by Gasteiger charge is -2.33. The Morgan fingerprint density at radius 3 is 3.15 bits per heavy atom. The molecule has 74 valence electrons. The van der Waals surface area contributed by atoms with Gasteiger partial charge in [-0.05, 0) is 6.42 Å². The van der Waals surface area contributed by atoms with Gasteiger partial charge in [0, 0.05) is 18.8 Å². The van der Waals surface area contributed by atoms with Crippen LogP contribution in [0.5, 0.6) is 0 Å². The molecule has 1 aliphatic heterocycles. The molecule has 4 heteroatoms. The normalized spacial score (nSPS) is 23.8. The van der Waals surface area contributed by atoms with Gasteiger partial charge in [0.2, 0.25) is 0 Å². The summed E-state index contributed by atoms with van der Waals surface area (Å²) in [4.78, 5) is 12.3. The van der Waals surface area contributed by atoms with Gasteiger partial charge in [-0.1, -0.05) is 6.92 Å². The van der Waals surface area contributed by atoms with E-state index in [1.165, 1.54) is 6.08 Å². The number of carboxylic acid groups (broad SMARTS) is 1. The maximum absolute atomic E-state index is 10.3. The van der Waals surface area contributed by atoms with Gasteiger partial charge in [0.25, 0.3) is 0 Å². The van der Waals surface area contributed by atoms with Crippen molar-refractivity contribution < 1.29 is 14.6 Å². The van der Waals surface area contributed by atoms with E-state index in [9.17, 15) is 4.79 Å². The first kappa shape index (κ1) is 10.1. The molecular weight excluding hydrogens is 170 g/mol. The standard InChI is InChI=1S/C9H15NO3/c1-2-8-7-13-6-5-10(8)4-3-9(11)12/h3-4,8H,2,5-7H2,1H3,(H,11,12). The summed E-state index contributed by atoms with van der Waals surface area (Å²) >= 11 is 0. The Kier molecular flexibility index (Phi) is 3.76. The van der Waals surface area contributed by atoms with Crippen molar-refractivity contribution in [2.45, 2.75) is 19.4 Å². The van der Waals surface area contributed by atoms with E-state index >= 15 is 0 Å². The van der Waals surface area contributed by atoms with E-state index < -0.39 is 5.97 Å². The van der Waals surface area contributed by atoms with Crippen LogP contribution in [0.25, 0.3) is 0 Å². The van der Waals surface area contributed by atoms with Gasteiger partial charge in [-0.2, -0.15) is 0 Å². The average Bonchev–Trinajstić information content (AvgIpc) is 2.15.